The molecule has 0 fully saturated rings. The van der Waals surface area contributed by atoms with E-state index in [9.17, 15) is 0 Å². The third-order valence-electron chi connectivity index (χ3n) is 2.75. The van der Waals surface area contributed by atoms with E-state index in [1.165, 1.54) is 0 Å². The molecule has 0 atom stereocenters. The molecule has 21 heavy (non-hydrogen) atoms. The van der Waals surface area contributed by atoms with Crippen molar-refractivity contribution >= 4 is 33.5 Å². The number of amidine groups is 1. The number of pyridine rings is 1. The summed E-state index contributed by atoms with van der Waals surface area (Å²) >= 11 is 5.08. The molecule has 2 aromatic rings. The fourth-order valence-corrected chi connectivity index (χ4v) is 3.14. The zero-order chi connectivity index (χ0) is 15.2. The van der Waals surface area contributed by atoms with Crippen LogP contribution in [0.15, 0.2) is 51.2 Å². The van der Waals surface area contributed by atoms with Crippen molar-refractivity contribution < 1.29 is 9.94 Å². The zero-order valence-electron chi connectivity index (χ0n) is 11.3. The predicted molar refractivity (Wildman–Crippen MR) is 87.0 cm³/mol. The number of oxime groups is 1. The highest BCUT2D eigenvalue weighted by Crippen LogP contribution is 2.29. The van der Waals surface area contributed by atoms with E-state index in [0.29, 0.717) is 11.3 Å². The molecule has 1 aromatic heterocycles. The Hall–Kier alpha value is -1.73. The maximum atomic E-state index is 8.75. The zero-order valence-corrected chi connectivity index (χ0v) is 13.7. The van der Waals surface area contributed by atoms with Crippen molar-refractivity contribution in [2.24, 2.45) is 10.9 Å². The van der Waals surface area contributed by atoms with Crippen LogP contribution in [0.5, 0.6) is 5.75 Å². The Morgan fingerprint density at radius 3 is 2.95 bits per heavy atom. The number of methoxy groups -OCH3 is 1. The van der Waals surface area contributed by atoms with Crippen LogP contribution >= 0.6 is 27.7 Å². The summed E-state index contributed by atoms with van der Waals surface area (Å²) in [6, 6.07) is 9.40. The van der Waals surface area contributed by atoms with Gasteiger partial charge in [0.15, 0.2) is 5.84 Å². The maximum absolute atomic E-state index is 8.75. The molecule has 0 aliphatic heterocycles. The molecule has 0 bridgehead atoms. The van der Waals surface area contributed by atoms with Crippen LogP contribution < -0.4 is 10.5 Å². The lowest BCUT2D eigenvalue weighted by atomic mass is 10.1. The quantitative estimate of drug-likeness (QED) is 0.278. The van der Waals surface area contributed by atoms with Crippen molar-refractivity contribution in [2.45, 2.75) is 10.8 Å². The van der Waals surface area contributed by atoms with E-state index in [4.69, 9.17) is 15.7 Å². The monoisotopic (exact) mass is 367 g/mol. The molecule has 3 N–H and O–H groups in total. The number of benzene rings is 1. The smallest absolute Gasteiger partial charge is 0.173 e. The van der Waals surface area contributed by atoms with Gasteiger partial charge in [-0.05, 0) is 45.8 Å². The minimum Gasteiger partial charge on any atom is -0.496 e. The molecule has 0 amide bonds. The van der Waals surface area contributed by atoms with Crippen LogP contribution in [0.4, 0.5) is 0 Å². The molecule has 0 saturated heterocycles. The molecule has 2 rings (SSSR count). The van der Waals surface area contributed by atoms with E-state index in [1.807, 2.05) is 24.3 Å². The third-order valence-corrected chi connectivity index (χ3v) is 4.73. The standard InChI is InChI=1S/C14H14BrN3O2S/c1-20-12-7-9(4-5-10(12)13(16)18-19)8-21-14-11(15)3-2-6-17-14/h2-7,19H,8H2,1H3,(H2,16,18). The molecule has 1 aromatic carbocycles. The number of ether oxygens (including phenoxy) is 1. The van der Waals surface area contributed by atoms with Gasteiger partial charge in [0.2, 0.25) is 0 Å². The molecule has 0 aliphatic carbocycles. The second-order valence-corrected chi connectivity index (χ2v) is 5.92. The van der Waals surface area contributed by atoms with E-state index in [2.05, 4.69) is 26.1 Å². The molecule has 0 saturated carbocycles. The molecule has 0 spiro atoms. The van der Waals surface area contributed by atoms with Gasteiger partial charge in [0.25, 0.3) is 0 Å². The van der Waals surface area contributed by atoms with E-state index in [0.717, 1.165) is 20.8 Å². The summed E-state index contributed by atoms with van der Waals surface area (Å²) in [6.07, 6.45) is 1.76. The van der Waals surface area contributed by atoms with Gasteiger partial charge >= 0.3 is 0 Å². The SMILES string of the molecule is COc1cc(CSc2ncccc2Br)ccc1/C(N)=N/O. The van der Waals surface area contributed by atoms with Gasteiger partial charge in [-0.25, -0.2) is 4.98 Å². The lowest BCUT2D eigenvalue weighted by Crippen LogP contribution is -2.14. The Bertz CT molecular complexity index is 664. The average Bonchev–Trinajstić information content (AvgIpc) is 2.53. The molecule has 0 unspecified atom stereocenters. The summed E-state index contributed by atoms with van der Waals surface area (Å²) in [4.78, 5) is 4.31. The summed E-state index contributed by atoms with van der Waals surface area (Å²) in [5, 5.41) is 12.7. The molecule has 0 radical (unpaired) electrons. The second-order valence-electron chi connectivity index (χ2n) is 4.10. The number of nitrogens with zero attached hydrogens (tertiary/aromatic N) is 2. The van der Waals surface area contributed by atoms with Gasteiger partial charge in [0.05, 0.1) is 12.7 Å². The van der Waals surface area contributed by atoms with Crippen LogP contribution in [-0.2, 0) is 5.75 Å². The first-order chi connectivity index (χ1) is 10.2. The Kier molecular flexibility index (Phi) is 5.46. The summed E-state index contributed by atoms with van der Waals surface area (Å²) in [6.45, 7) is 0. The van der Waals surface area contributed by atoms with E-state index in [-0.39, 0.29) is 5.84 Å². The summed E-state index contributed by atoms with van der Waals surface area (Å²) in [5.74, 6) is 1.34. The Morgan fingerprint density at radius 1 is 1.48 bits per heavy atom. The summed E-state index contributed by atoms with van der Waals surface area (Å²) in [5.41, 5.74) is 7.23. The van der Waals surface area contributed by atoms with Crippen LogP contribution in [0.3, 0.4) is 0 Å². The average molecular weight is 368 g/mol. The third kappa shape index (κ3) is 3.89. The van der Waals surface area contributed by atoms with E-state index in [1.54, 1.807) is 31.1 Å². The maximum Gasteiger partial charge on any atom is 0.173 e. The highest BCUT2D eigenvalue weighted by atomic mass is 79.9. The number of hydrogen-bond acceptors (Lipinski definition) is 5. The van der Waals surface area contributed by atoms with Crippen molar-refractivity contribution in [3.8, 4) is 5.75 Å². The lowest BCUT2D eigenvalue weighted by Gasteiger charge is -2.09. The number of rotatable bonds is 5. The Morgan fingerprint density at radius 2 is 2.29 bits per heavy atom. The van der Waals surface area contributed by atoms with Gasteiger partial charge in [-0.3, -0.25) is 0 Å². The second kappa shape index (κ2) is 7.33. The van der Waals surface area contributed by atoms with Crippen LogP contribution in [-0.4, -0.2) is 23.1 Å². The van der Waals surface area contributed by atoms with Gasteiger partial charge in [-0.2, -0.15) is 0 Å². The Balaban J connectivity index is 2.17. The van der Waals surface area contributed by atoms with Crippen LogP contribution in [0, 0.1) is 0 Å². The molecule has 1 heterocycles. The number of thioether (sulfide) groups is 1. The van der Waals surface area contributed by atoms with E-state index < -0.39 is 0 Å². The predicted octanol–water partition coefficient (Wildman–Crippen LogP) is 3.24. The normalized spacial score (nSPS) is 11.4. The minimum atomic E-state index is 0.0264. The molecular weight excluding hydrogens is 354 g/mol. The summed E-state index contributed by atoms with van der Waals surface area (Å²) in [7, 11) is 1.55. The number of nitrogens with two attached hydrogens (primary N) is 1. The number of hydrogen-bond donors (Lipinski definition) is 2. The fraction of sp³-hybridized carbons (Fsp3) is 0.143. The molecule has 7 heteroatoms. The van der Waals surface area contributed by atoms with E-state index >= 15 is 0 Å². The highest BCUT2D eigenvalue weighted by Gasteiger charge is 2.09. The van der Waals surface area contributed by atoms with Gasteiger partial charge < -0.3 is 15.7 Å². The van der Waals surface area contributed by atoms with Crippen molar-refractivity contribution in [3.05, 3.63) is 52.1 Å². The first kappa shape index (κ1) is 15.7. The highest BCUT2D eigenvalue weighted by molar-refractivity contribution is 9.10. The molecule has 5 nitrogen and oxygen atoms in total. The topological polar surface area (TPSA) is 80.7 Å². The van der Waals surface area contributed by atoms with Gasteiger partial charge in [0, 0.05) is 16.4 Å². The van der Waals surface area contributed by atoms with Crippen molar-refractivity contribution in [2.75, 3.05) is 7.11 Å². The number of aromatic nitrogens is 1. The van der Waals surface area contributed by atoms with Crippen LogP contribution in [0.1, 0.15) is 11.1 Å². The Labute approximate surface area is 135 Å². The fourth-order valence-electron chi connectivity index (χ4n) is 1.72. The van der Waals surface area contributed by atoms with Crippen LogP contribution in [0.2, 0.25) is 0 Å². The minimum absolute atomic E-state index is 0.0264. The molecular formula is C14H14BrN3O2S. The van der Waals surface area contributed by atoms with Crippen molar-refractivity contribution in [1.29, 1.82) is 0 Å². The van der Waals surface area contributed by atoms with Crippen molar-refractivity contribution in [3.63, 3.8) is 0 Å². The molecule has 110 valence electrons. The van der Waals surface area contributed by atoms with Gasteiger partial charge in [0.1, 0.15) is 10.8 Å². The molecule has 0 aliphatic rings. The van der Waals surface area contributed by atoms with Gasteiger partial charge in [-0.1, -0.05) is 11.2 Å². The van der Waals surface area contributed by atoms with Gasteiger partial charge in [-0.15, -0.1) is 11.8 Å². The van der Waals surface area contributed by atoms with Crippen LogP contribution in [0.25, 0.3) is 0 Å². The lowest BCUT2D eigenvalue weighted by molar-refractivity contribution is 0.318. The number of halogens is 1. The largest absolute Gasteiger partial charge is 0.496 e. The summed E-state index contributed by atoms with van der Waals surface area (Å²) < 4.78 is 6.25. The first-order valence-electron chi connectivity index (χ1n) is 6.04. The first-order valence-corrected chi connectivity index (χ1v) is 7.81. The van der Waals surface area contributed by atoms with Crippen molar-refractivity contribution in [1.82, 2.24) is 4.98 Å².